The van der Waals surface area contributed by atoms with Crippen LogP contribution in [0.5, 0.6) is 5.75 Å². The molecule has 0 amide bonds. The van der Waals surface area contributed by atoms with Crippen molar-refractivity contribution in [1.29, 1.82) is 0 Å². The van der Waals surface area contributed by atoms with Gasteiger partial charge in [-0.25, -0.2) is 0 Å². The van der Waals surface area contributed by atoms with Crippen molar-refractivity contribution in [3.05, 3.63) is 42.3 Å². The van der Waals surface area contributed by atoms with Crippen LogP contribution in [0.3, 0.4) is 0 Å². The van der Waals surface area contributed by atoms with Crippen molar-refractivity contribution in [2.24, 2.45) is 0 Å². The summed E-state index contributed by atoms with van der Waals surface area (Å²) in [6, 6.07) is 9.73. The number of rotatable bonds is 7. The highest BCUT2D eigenvalue weighted by Crippen LogP contribution is 2.29. The third-order valence-corrected chi connectivity index (χ3v) is 5.32. The zero-order valence-corrected chi connectivity index (χ0v) is 15.3. The summed E-state index contributed by atoms with van der Waals surface area (Å²) in [6.07, 6.45) is 3.95. The first-order valence-corrected chi connectivity index (χ1v) is 9.53. The van der Waals surface area contributed by atoms with Crippen molar-refractivity contribution >= 4 is 11.8 Å². The number of benzene rings is 1. The molecule has 0 saturated carbocycles. The zero-order valence-electron chi connectivity index (χ0n) is 14.5. The number of hydrogen-bond donors (Lipinski definition) is 0. The van der Waals surface area contributed by atoms with Gasteiger partial charge in [0.05, 0.1) is 25.5 Å². The minimum absolute atomic E-state index is 0.203. The van der Waals surface area contributed by atoms with Crippen LogP contribution in [-0.4, -0.2) is 39.7 Å². The van der Waals surface area contributed by atoms with Crippen LogP contribution < -0.4 is 4.74 Å². The number of thioether (sulfide) groups is 1. The van der Waals surface area contributed by atoms with Gasteiger partial charge < -0.3 is 14.0 Å². The van der Waals surface area contributed by atoms with Gasteiger partial charge in [-0.1, -0.05) is 16.9 Å². The lowest BCUT2D eigenvalue weighted by Crippen LogP contribution is -2.16. The third kappa shape index (κ3) is 3.76. The quantitative estimate of drug-likeness (QED) is 0.588. The third-order valence-electron chi connectivity index (χ3n) is 4.32. The molecule has 136 valence electrons. The van der Waals surface area contributed by atoms with Crippen molar-refractivity contribution in [3.8, 4) is 17.1 Å². The normalized spacial score (nSPS) is 16.9. The van der Waals surface area contributed by atoms with Crippen molar-refractivity contribution in [2.45, 2.75) is 36.4 Å². The van der Waals surface area contributed by atoms with E-state index in [0.29, 0.717) is 5.75 Å². The molecule has 0 radical (unpaired) electrons. The lowest BCUT2D eigenvalue weighted by atomic mass is 10.2. The molecule has 1 aliphatic heterocycles. The van der Waals surface area contributed by atoms with Gasteiger partial charge in [-0.05, 0) is 37.1 Å². The summed E-state index contributed by atoms with van der Waals surface area (Å²) >= 11 is 1.60. The lowest BCUT2D eigenvalue weighted by Gasteiger charge is -2.14. The average Bonchev–Trinajstić information content (AvgIpc) is 3.43. The fourth-order valence-electron chi connectivity index (χ4n) is 2.96. The number of hydrogen-bond acceptors (Lipinski definition) is 7. The van der Waals surface area contributed by atoms with Crippen LogP contribution >= 0.6 is 11.8 Å². The van der Waals surface area contributed by atoms with Gasteiger partial charge in [0.25, 0.3) is 0 Å². The summed E-state index contributed by atoms with van der Waals surface area (Å²) in [5.74, 6) is 2.34. The molecule has 3 heterocycles. The maximum atomic E-state index is 5.83. The molecule has 0 bridgehead atoms. The van der Waals surface area contributed by atoms with Gasteiger partial charge in [-0.3, -0.25) is 4.57 Å². The molecule has 4 rings (SSSR count). The van der Waals surface area contributed by atoms with Crippen molar-refractivity contribution in [2.75, 3.05) is 13.7 Å². The number of methoxy groups -OCH3 is 1. The second kappa shape index (κ2) is 7.92. The SMILES string of the molecule is COc1ccc(-c2nnc(SCc3ccon3)n2CC2CCCO2)cc1. The highest BCUT2D eigenvalue weighted by Gasteiger charge is 2.22. The molecule has 7 nitrogen and oxygen atoms in total. The van der Waals surface area contributed by atoms with E-state index in [2.05, 4.69) is 19.9 Å². The van der Waals surface area contributed by atoms with Gasteiger partial charge in [0.1, 0.15) is 12.0 Å². The monoisotopic (exact) mass is 372 g/mol. The zero-order chi connectivity index (χ0) is 17.8. The Morgan fingerprint density at radius 1 is 1.23 bits per heavy atom. The molecule has 3 aromatic rings. The van der Waals surface area contributed by atoms with Gasteiger partial charge in [-0.15, -0.1) is 10.2 Å². The fraction of sp³-hybridized carbons (Fsp3) is 0.389. The molecule has 0 N–H and O–H groups in total. The molecule has 0 aliphatic carbocycles. The minimum atomic E-state index is 0.203. The Kier molecular flexibility index (Phi) is 5.21. The largest absolute Gasteiger partial charge is 0.497 e. The standard InChI is InChI=1S/C18H20N4O3S/c1-23-15-6-4-13(5-7-15)17-19-20-18(26-12-14-8-10-25-21-14)22(17)11-16-3-2-9-24-16/h4-8,10,16H,2-3,9,11-12H2,1H3. The summed E-state index contributed by atoms with van der Waals surface area (Å²) in [7, 11) is 1.66. The fourth-order valence-corrected chi connectivity index (χ4v) is 3.80. The molecular weight excluding hydrogens is 352 g/mol. The summed E-state index contributed by atoms with van der Waals surface area (Å²) in [5.41, 5.74) is 1.89. The Hall–Kier alpha value is -2.32. The summed E-state index contributed by atoms with van der Waals surface area (Å²) < 4.78 is 18.1. The average molecular weight is 372 g/mol. The molecule has 1 atom stereocenters. The van der Waals surface area contributed by atoms with Crippen LogP contribution in [0.4, 0.5) is 0 Å². The summed E-state index contributed by atoms with van der Waals surface area (Å²) in [5, 5.41) is 13.7. The highest BCUT2D eigenvalue weighted by atomic mass is 32.2. The van der Waals surface area contributed by atoms with Gasteiger partial charge in [0, 0.05) is 24.0 Å². The maximum absolute atomic E-state index is 5.83. The molecule has 0 spiro atoms. The Bertz CT molecular complexity index is 827. The maximum Gasteiger partial charge on any atom is 0.191 e. The Balaban J connectivity index is 1.60. The van der Waals surface area contributed by atoms with E-state index in [9.17, 15) is 0 Å². The van der Waals surface area contributed by atoms with Crippen molar-refractivity contribution < 1.29 is 14.0 Å². The van der Waals surface area contributed by atoms with Crippen molar-refractivity contribution in [3.63, 3.8) is 0 Å². The van der Waals surface area contributed by atoms with E-state index in [1.165, 1.54) is 0 Å². The summed E-state index contributed by atoms with van der Waals surface area (Å²) in [4.78, 5) is 0. The van der Waals surface area contributed by atoms with Gasteiger partial charge in [-0.2, -0.15) is 0 Å². The Morgan fingerprint density at radius 2 is 2.12 bits per heavy atom. The second-order valence-corrected chi connectivity index (χ2v) is 7.00. The topological polar surface area (TPSA) is 75.2 Å². The summed E-state index contributed by atoms with van der Waals surface area (Å²) in [6.45, 7) is 1.57. The first-order valence-electron chi connectivity index (χ1n) is 8.55. The van der Waals surface area contributed by atoms with E-state index >= 15 is 0 Å². The van der Waals surface area contributed by atoms with E-state index in [-0.39, 0.29) is 6.10 Å². The number of nitrogens with zero attached hydrogens (tertiary/aromatic N) is 4. The van der Waals surface area contributed by atoms with Gasteiger partial charge >= 0.3 is 0 Å². The molecule has 1 aromatic carbocycles. The smallest absolute Gasteiger partial charge is 0.191 e. The first kappa shape index (κ1) is 17.1. The minimum Gasteiger partial charge on any atom is -0.497 e. The van der Waals surface area contributed by atoms with E-state index in [1.807, 2.05) is 30.3 Å². The van der Waals surface area contributed by atoms with Gasteiger partial charge in [0.2, 0.25) is 0 Å². The molecule has 8 heteroatoms. The van der Waals surface area contributed by atoms with Crippen molar-refractivity contribution in [1.82, 2.24) is 19.9 Å². The van der Waals surface area contributed by atoms with E-state index in [4.69, 9.17) is 14.0 Å². The number of aromatic nitrogens is 4. The molecule has 1 fully saturated rings. The van der Waals surface area contributed by atoms with Crippen LogP contribution in [0.1, 0.15) is 18.5 Å². The van der Waals surface area contributed by atoms with Crippen LogP contribution in [0.25, 0.3) is 11.4 Å². The van der Waals surface area contributed by atoms with Crippen LogP contribution in [-0.2, 0) is 17.0 Å². The van der Waals surface area contributed by atoms with E-state index in [0.717, 1.165) is 54.0 Å². The van der Waals surface area contributed by atoms with Crippen LogP contribution in [0.2, 0.25) is 0 Å². The highest BCUT2D eigenvalue weighted by molar-refractivity contribution is 7.98. The van der Waals surface area contributed by atoms with E-state index < -0.39 is 0 Å². The molecule has 1 unspecified atom stereocenters. The molecule has 2 aromatic heterocycles. The van der Waals surface area contributed by atoms with Crippen LogP contribution in [0.15, 0.2) is 46.3 Å². The van der Waals surface area contributed by atoms with Gasteiger partial charge in [0.15, 0.2) is 11.0 Å². The van der Waals surface area contributed by atoms with Crippen LogP contribution in [0, 0.1) is 0 Å². The second-order valence-electron chi connectivity index (χ2n) is 6.06. The first-order chi connectivity index (χ1) is 12.8. The van der Waals surface area contributed by atoms with E-state index in [1.54, 1.807) is 25.1 Å². The molecule has 26 heavy (non-hydrogen) atoms. The predicted molar refractivity (Wildman–Crippen MR) is 97.0 cm³/mol. The Labute approximate surface area is 155 Å². The predicted octanol–water partition coefficient (Wildman–Crippen LogP) is 3.41. The Morgan fingerprint density at radius 3 is 2.81 bits per heavy atom. The molecule has 1 aliphatic rings. The lowest BCUT2D eigenvalue weighted by molar-refractivity contribution is 0.0953. The molecule has 1 saturated heterocycles. The number of ether oxygens (including phenoxy) is 2. The molecular formula is C18H20N4O3S.